The van der Waals surface area contributed by atoms with Gasteiger partial charge in [-0.3, -0.25) is 0 Å². The van der Waals surface area contributed by atoms with Crippen molar-refractivity contribution in [2.45, 2.75) is 50.4 Å². The monoisotopic (exact) mass is 199 g/mol. The van der Waals surface area contributed by atoms with Gasteiger partial charge in [-0.05, 0) is 25.7 Å². The molecular formula is C10H17NO3. The minimum Gasteiger partial charge on any atom is -0.464 e. The van der Waals surface area contributed by atoms with Crippen molar-refractivity contribution in [1.29, 1.82) is 0 Å². The molecule has 1 unspecified atom stereocenters. The van der Waals surface area contributed by atoms with E-state index >= 15 is 0 Å². The Kier molecular flexibility index (Phi) is 3.03. The Morgan fingerprint density at radius 3 is 2.50 bits per heavy atom. The van der Waals surface area contributed by atoms with E-state index in [-0.39, 0.29) is 18.2 Å². The quantitative estimate of drug-likeness (QED) is 0.661. The smallest absolute Gasteiger partial charge is 0.335 e. The van der Waals surface area contributed by atoms with Gasteiger partial charge in [0.05, 0.1) is 12.7 Å². The Balaban J connectivity index is 1.77. The first-order chi connectivity index (χ1) is 6.75. The van der Waals surface area contributed by atoms with E-state index in [2.05, 4.69) is 0 Å². The molecule has 0 amide bonds. The molecule has 2 fully saturated rings. The van der Waals surface area contributed by atoms with Gasteiger partial charge >= 0.3 is 5.97 Å². The van der Waals surface area contributed by atoms with E-state index in [1.54, 1.807) is 0 Å². The standard InChI is InChI=1S/C10H17NO3/c11-7-1-3-8(4-2-7)14-9-5-6-13-10(9)12/h7-9H,1-6,11H2. The maximum atomic E-state index is 11.1. The second kappa shape index (κ2) is 4.28. The fourth-order valence-electron chi connectivity index (χ4n) is 2.06. The molecule has 2 rings (SSSR count). The van der Waals surface area contributed by atoms with Crippen LogP contribution in [0, 0.1) is 0 Å². The SMILES string of the molecule is NC1CCC(OC2CCOC2=O)CC1. The molecule has 4 nitrogen and oxygen atoms in total. The molecule has 1 aliphatic carbocycles. The van der Waals surface area contributed by atoms with Crippen LogP contribution in [0.1, 0.15) is 32.1 Å². The van der Waals surface area contributed by atoms with Gasteiger partial charge in [-0.15, -0.1) is 0 Å². The number of cyclic esters (lactones) is 1. The molecule has 0 aromatic heterocycles. The van der Waals surface area contributed by atoms with Crippen molar-refractivity contribution in [2.24, 2.45) is 5.73 Å². The second-order valence-electron chi connectivity index (χ2n) is 4.12. The van der Waals surface area contributed by atoms with E-state index in [0.29, 0.717) is 19.1 Å². The molecule has 1 saturated carbocycles. The summed E-state index contributed by atoms with van der Waals surface area (Å²) >= 11 is 0. The van der Waals surface area contributed by atoms with Gasteiger partial charge in [0.2, 0.25) is 0 Å². The zero-order valence-corrected chi connectivity index (χ0v) is 8.28. The predicted molar refractivity (Wildman–Crippen MR) is 50.7 cm³/mol. The van der Waals surface area contributed by atoms with Crippen molar-refractivity contribution >= 4 is 5.97 Å². The molecule has 0 aromatic rings. The van der Waals surface area contributed by atoms with Gasteiger partial charge in [0, 0.05) is 12.5 Å². The number of esters is 1. The lowest BCUT2D eigenvalue weighted by Crippen LogP contribution is -2.33. The molecule has 1 atom stereocenters. The zero-order valence-electron chi connectivity index (χ0n) is 8.28. The Bertz CT molecular complexity index is 211. The first kappa shape index (κ1) is 9.93. The van der Waals surface area contributed by atoms with Crippen LogP contribution in [-0.4, -0.2) is 30.8 Å². The van der Waals surface area contributed by atoms with Crippen LogP contribution in [-0.2, 0) is 14.3 Å². The van der Waals surface area contributed by atoms with E-state index in [9.17, 15) is 4.79 Å². The molecule has 14 heavy (non-hydrogen) atoms. The van der Waals surface area contributed by atoms with E-state index < -0.39 is 0 Å². The summed E-state index contributed by atoms with van der Waals surface area (Å²) in [6.45, 7) is 0.510. The summed E-state index contributed by atoms with van der Waals surface area (Å²) in [5.74, 6) is -0.195. The molecule has 0 spiro atoms. The lowest BCUT2D eigenvalue weighted by Gasteiger charge is -2.27. The lowest BCUT2D eigenvalue weighted by atomic mass is 9.93. The molecule has 2 N–H and O–H groups in total. The van der Waals surface area contributed by atoms with Gasteiger partial charge < -0.3 is 15.2 Å². The molecule has 1 heterocycles. The highest BCUT2D eigenvalue weighted by Gasteiger charge is 2.31. The highest BCUT2D eigenvalue weighted by atomic mass is 16.6. The van der Waals surface area contributed by atoms with Crippen molar-refractivity contribution in [2.75, 3.05) is 6.61 Å². The average Bonchev–Trinajstić information content (AvgIpc) is 2.56. The summed E-state index contributed by atoms with van der Waals surface area (Å²) in [6, 6.07) is 0.324. The molecular weight excluding hydrogens is 182 g/mol. The Labute approximate surface area is 83.7 Å². The van der Waals surface area contributed by atoms with Crippen LogP contribution in [0.15, 0.2) is 0 Å². The number of rotatable bonds is 2. The minimum atomic E-state index is -0.311. The van der Waals surface area contributed by atoms with Gasteiger partial charge in [-0.1, -0.05) is 0 Å². The second-order valence-corrected chi connectivity index (χ2v) is 4.12. The average molecular weight is 199 g/mol. The van der Waals surface area contributed by atoms with Crippen LogP contribution in [0.5, 0.6) is 0 Å². The molecule has 4 heteroatoms. The van der Waals surface area contributed by atoms with Crippen molar-refractivity contribution in [3.8, 4) is 0 Å². The summed E-state index contributed by atoms with van der Waals surface area (Å²) in [4.78, 5) is 11.1. The summed E-state index contributed by atoms with van der Waals surface area (Å²) in [7, 11) is 0. The minimum absolute atomic E-state index is 0.195. The lowest BCUT2D eigenvalue weighted by molar-refractivity contribution is -0.151. The van der Waals surface area contributed by atoms with Crippen LogP contribution >= 0.6 is 0 Å². The van der Waals surface area contributed by atoms with Gasteiger partial charge in [0.25, 0.3) is 0 Å². The highest BCUT2D eigenvalue weighted by Crippen LogP contribution is 2.23. The van der Waals surface area contributed by atoms with Gasteiger partial charge in [-0.25, -0.2) is 4.79 Å². The normalized spacial score (nSPS) is 38.4. The Morgan fingerprint density at radius 1 is 1.21 bits per heavy atom. The van der Waals surface area contributed by atoms with Crippen LogP contribution in [0.25, 0.3) is 0 Å². The third-order valence-electron chi connectivity index (χ3n) is 2.96. The first-order valence-corrected chi connectivity index (χ1v) is 5.33. The molecule has 0 radical (unpaired) electrons. The summed E-state index contributed by atoms with van der Waals surface area (Å²) in [5, 5.41) is 0. The van der Waals surface area contributed by atoms with Gasteiger partial charge in [0.15, 0.2) is 6.10 Å². The van der Waals surface area contributed by atoms with Crippen LogP contribution in [0.3, 0.4) is 0 Å². The van der Waals surface area contributed by atoms with Crippen LogP contribution in [0.2, 0.25) is 0 Å². The summed E-state index contributed by atoms with van der Waals surface area (Å²) in [5.41, 5.74) is 5.79. The topological polar surface area (TPSA) is 61.6 Å². The van der Waals surface area contributed by atoms with Crippen molar-refractivity contribution in [3.05, 3.63) is 0 Å². The van der Waals surface area contributed by atoms with E-state index in [1.807, 2.05) is 0 Å². The molecule has 0 aromatic carbocycles. The summed E-state index contributed by atoms with van der Waals surface area (Å²) in [6.07, 6.45) is 4.58. The summed E-state index contributed by atoms with van der Waals surface area (Å²) < 4.78 is 10.5. The Morgan fingerprint density at radius 2 is 1.93 bits per heavy atom. The number of carbonyl (C=O) groups excluding carboxylic acids is 1. The molecule has 0 bridgehead atoms. The number of nitrogens with two attached hydrogens (primary N) is 1. The third kappa shape index (κ3) is 2.25. The first-order valence-electron chi connectivity index (χ1n) is 5.33. The largest absolute Gasteiger partial charge is 0.464 e. The maximum absolute atomic E-state index is 11.1. The van der Waals surface area contributed by atoms with Crippen molar-refractivity contribution < 1.29 is 14.3 Å². The van der Waals surface area contributed by atoms with Crippen LogP contribution in [0.4, 0.5) is 0 Å². The van der Waals surface area contributed by atoms with Crippen molar-refractivity contribution in [1.82, 2.24) is 0 Å². The molecule has 80 valence electrons. The predicted octanol–water partition coefficient (Wildman–Crippen LogP) is 0.588. The van der Waals surface area contributed by atoms with Gasteiger partial charge in [0.1, 0.15) is 0 Å². The maximum Gasteiger partial charge on any atom is 0.335 e. The fraction of sp³-hybridized carbons (Fsp3) is 0.900. The van der Waals surface area contributed by atoms with Crippen LogP contribution < -0.4 is 5.73 Å². The highest BCUT2D eigenvalue weighted by molar-refractivity contribution is 5.76. The van der Waals surface area contributed by atoms with E-state index in [1.165, 1.54) is 0 Å². The number of hydrogen-bond donors (Lipinski definition) is 1. The number of carbonyl (C=O) groups is 1. The zero-order chi connectivity index (χ0) is 9.97. The molecule has 2 aliphatic rings. The van der Waals surface area contributed by atoms with E-state index in [4.69, 9.17) is 15.2 Å². The van der Waals surface area contributed by atoms with E-state index in [0.717, 1.165) is 25.7 Å². The molecule has 1 saturated heterocycles. The fourth-order valence-corrected chi connectivity index (χ4v) is 2.06. The van der Waals surface area contributed by atoms with Gasteiger partial charge in [-0.2, -0.15) is 0 Å². The Hall–Kier alpha value is -0.610. The molecule has 1 aliphatic heterocycles. The number of hydrogen-bond acceptors (Lipinski definition) is 4. The number of ether oxygens (including phenoxy) is 2. The van der Waals surface area contributed by atoms with Crippen molar-refractivity contribution in [3.63, 3.8) is 0 Å². The third-order valence-corrected chi connectivity index (χ3v) is 2.96.